The summed E-state index contributed by atoms with van der Waals surface area (Å²) in [6.45, 7) is 4.53. The Morgan fingerprint density at radius 3 is 2.09 bits per heavy atom. The smallest absolute Gasteiger partial charge is 0.138 e. The number of aromatic amines is 1. The Balaban J connectivity index is 0.000000140. The molecule has 7 aromatic carbocycles. The molecule has 0 bridgehead atoms. The molecular formula is C51H39NO2. The fourth-order valence-corrected chi connectivity index (χ4v) is 8.53. The number of hydrogen-bond donors (Lipinski definition) is 1. The van der Waals surface area contributed by atoms with E-state index in [2.05, 4.69) is 189 Å². The van der Waals surface area contributed by atoms with E-state index in [-0.39, 0.29) is 5.41 Å². The van der Waals surface area contributed by atoms with Crippen LogP contribution >= 0.6 is 0 Å². The molecule has 0 spiro atoms. The molecule has 0 amide bonds. The predicted octanol–water partition coefficient (Wildman–Crippen LogP) is 13.8. The van der Waals surface area contributed by atoms with Crippen LogP contribution in [0.2, 0.25) is 0 Å². The maximum Gasteiger partial charge on any atom is 0.138 e. The van der Waals surface area contributed by atoms with Gasteiger partial charge in [-0.3, -0.25) is 0 Å². The fourth-order valence-electron chi connectivity index (χ4n) is 8.53. The van der Waals surface area contributed by atoms with Crippen LogP contribution in [0.1, 0.15) is 42.9 Å². The van der Waals surface area contributed by atoms with Crippen LogP contribution in [0.4, 0.5) is 0 Å². The first kappa shape index (κ1) is 32.1. The molecule has 3 heteroatoms. The van der Waals surface area contributed by atoms with Crippen molar-refractivity contribution in [1.82, 2.24) is 4.98 Å². The first-order chi connectivity index (χ1) is 26.5. The molecule has 1 atom stereocenters. The number of hydrogen-bond acceptors (Lipinski definition) is 2. The molecule has 8 aromatic rings. The van der Waals surface area contributed by atoms with Gasteiger partial charge in [-0.05, 0) is 70.6 Å². The van der Waals surface area contributed by atoms with Gasteiger partial charge < -0.3 is 14.5 Å². The summed E-state index contributed by atoms with van der Waals surface area (Å²) < 4.78 is 12.6. The first-order valence-electron chi connectivity index (χ1n) is 18.8. The molecule has 1 aliphatic carbocycles. The Morgan fingerprint density at radius 1 is 0.537 bits per heavy atom. The first-order valence-corrected chi connectivity index (χ1v) is 18.8. The van der Waals surface area contributed by atoms with E-state index in [0.717, 1.165) is 35.0 Å². The van der Waals surface area contributed by atoms with E-state index in [1.165, 1.54) is 66.3 Å². The zero-order valence-electron chi connectivity index (χ0n) is 30.3. The van der Waals surface area contributed by atoms with E-state index in [1.807, 2.05) is 6.07 Å². The molecule has 0 radical (unpaired) electrons. The molecular weight excluding hydrogens is 659 g/mol. The minimum Gasteiger partial charge on any atom is -0.460 e. The summed E-state index contributed by atoms with van der Waals surface area (Å²) >= 11 is 0. The van der Waals surface area contributed by atoms with Crippen molar-refractivity contribution in [3.05, 3.63) is 198 Å². The summed E-state index contributed by atoms with van der Waals surface area (Å²) in [4.78, 5) is 3.53. The van der Waals surface area contributed by atoms with Gasteiger partial charge in [0.2, 0.25) is 0 Å². The Labute approximate surface area is 315 Å². The average molecular weight is 698 g/mol. The van der Waals surface area contributed by atoms with Crippen molar-refractivity contribution in [2.75, 3.05) is 0 Å². The number of rotatable bonds is 3. The fraction of sp³-hybridized carbons (Fsp3) is 0.0980. The lowest BCUT2D eigenvalue weighted by atomic mass is 9.75. The third-order valence-electron chi connectivity index (χ3n) is 11.3. The van der Waals surface area contributed by atoms with Gasteiger partial charge >= 0.3 is 0 Å². The van der Waals surface area contributed by atoms with Gasteiger partial charge in [0, 0.05) is 55.4 Å². The summed E-state index contributed by atoms with van der Waals surface area (Å²) in [5.41, 5.74) is 13.3. The summed E-state index contributed by atoms with van der Waals surface area (Å²) in [5, 5.41) is 2.46. The number of allylic oxidation sites excluding steroid dienone is 4. The Morgan fingerprint density at radius 2 is 1.22 bits per heavy atom. The lowest BCUT2D eigenvalue weighted by Gasteiger charge is -2.34. The largest absolute Gasteiger partial charge is 0.460 e. The molecule has 0 saturated carbocycles. The molecule has 3 aliphatic rings. The number of fused-ring (bicyclic) bond motifs is 8. The van der Waals surface area contributed by atoms with Crippen LogP contribution in [0.25, 0.3) is 55.2 Å². The highest BCUT2D eigenvalue weighted by Crippen LogP contribution is 2.51. The minimum atomic E-state index is -0.0737. The third-order valence-corrected chi connectivity index (χ3v) is 11.3. The van der Waals surface area contributed by atoms with E-state index < -0.39 is 0 Å². The van der Waals surface area contributed by atoms with E-state index in [0.29, 0.717) is 5.92 Å². The molecule has 1 aromatic heterocycles. The standard InChI is InChI=1S/C30H22O.C21H17NO/c1-2-10-21(11-3-1)24-14-4-5-15-25(24)22-12-8-13-23(20-22)26-17-9-18-28-27-16-6-7-19-29(27)31-30(26)28;1-21(2)15-8-4-6-10-19(15)23-20-11-14-13-7-3-5-9-17(13)22-18(14)12-16(20)21/h1-15,17-20,27H,16H2;3-12,22H,1-2H3. The second-order valence-corrected chi connectivity index (χ2v) is 14.9. The zero-order chi connectivity index (χ0) is 36.2. The summed E-state index contributed by atoms with van der Waals surface area (Å²) in [5.74, 6) is 4.35. The van der Waals surface area contributed by atoms with Crippen molar-refractivity contribution in [2.45, 2.75) is 31.6 Å². The van der Waals surface area contributed by atoms with Gasteiger partial charge in [-0.1, -0.05) is 153 Å². The van der Waals surface area contributed by atoms with Crippen LogP contribution in [-0.2, 0) is 5.41 Å². The summed E-state index contributed by atoms with van der Waals surface area (Å²) in [6.07, 6.45) is 7.43. The number of nitrogens with one attached hydrogen (secondary N) is 1. The number of aromatic nitrogens is 1. The quantitative estimate of drug-likeness (QED) is 0.199. The molecule has 54 heavy (non-hydrogen) atoms. The normalized spacial score (nSPS) is 15.8. The van der Waals surface area contributed by atoms with Gasteiger partial charge in [-0.15, -0.1) is 0 Å². The van der Waals surface area contributed by atoms with Crippen LogP contribution in [0.15, 0.2) is 182 Å². The second kappa shape index (κ2) is 12.8. The number of H-pyrrole nitrogens is 1. The topological polar surface area (TPSA) is 34.2 Å². The van der Waals surface area contributed by atoms with Gasteiger partial charge in [-0.2, -0.15) is 0 Å². The van der Waals surface area contributed by atoms with Crippen molar-refractivity contribution in [3.8, 4) is 50.6 Å². The maximum absolute atomic E-state index is 6.34. The second-order valence-electron chi connectivity index (χ2n) is 14.9. The average Bonchev–Trinajstić information content (AvgIpc) is 3.79. The minimum absolute atomic E-state index is 0.0737. The van der Waals surface area contributed by atoms with Gasteiger partial charge in [0.25, 0.3) is 0 Å². The van der Waals surface area contributed by atoms with Crippen molar-refractivity contribution in [3.63, 3.8) is 0 Å². The van der Waals surface area contributed by atoms with Gasteiger partial charge in [-0.25, -0.2) is 0 Å². The highest BCUT2D eigenvalue weighted by atomic mass is 16.5. The highest BCUT2D eigenvalue weighted by Gasteiger charge is 2.35. The van der Waals surface area contributed by atoms with Crippen molar-refractivity contribution >= 4 is 21.8 Å². The Kier molecular flexibility index (Phi) is 7.62. The summed E-state index contributed by atoms with van der Waals surface area (Å²) in [6, 6.07) is 55.7. The van der Waals surface area contributed by atoms with Gasteiger partial charge in [0.05, 0.1) is 0 Å². The molecule has 0 fully saturated rings. The maximum atomic E-state index is 6.34. The van der Waals surface area contributed by atoms with E-state index >= 15 is 0 Å². The van der Waals surface area contributed by atoms with E-state index in [9.17, 15) is 0 Å². The molecule has 2 aliphatic heterocycles. The molecule has 260 valence electrons. The van der Waals surface area contributed by atoms with Crippen molar-refractivity contribution in [2.24, 2.45) is 0 Å². The summed E-state index contributed by atoms with van der Waals surface area (Å²) in [7, 11) is 0. The number of benzene rings is 7. The van der Waals surface area contributed by atoms with Crippen LogP contribution in [-0.4, -0.2) is 4.98 Å². The SMILES string of the molecule is C1=CCC2C(=C1)Oc1c(-c3cccc(-c4ccccc4-c4ccccc4)c3)cccc12.CC1(C)c2ccccc2Oc2cc3c(cc21)[nH]c1ccccc13. The Hall–Kier alpha value is -6.58. The van der Waals surface area contributed by atoms with E-state index in [1.54, 1.807) is 0 Å². The van der Waals surface area contributed by atoms with Crippen LogP contribution in [0.5, 0.6) is 17.2 Å². The third kappa shape index (κ3) is 5.35. The van der Waals surface area contributed by atoms with Crippen LogP contribution < -0.4 is 9.47 Å². The molecule has 0 saturated heterocycles. The Bertz CT molecular complexity index is 2780. The predicted molar refractivity (Wildman–Crippen MR) is 222 cm³/mol. The molecule has 1 N–H and O–H groups in total. The zero-order valence-corrected chi connectivity index (χ0v) is 30.3. The van der Waals surface area contributed by atoms with Crippen molar-refractivity contribution < 1.29 is 9.47 Å². The van der Waals surface area contributed by atoms with Crippen LogP contribution in [0.3, 0.4) is 0 Å². The number of ether oxygens (including phenoxy) is 2. The van der Waals surface area contributed by atoms with Gasteiger partial charge in [0.1, 0.15) is 23.0 Å². The van der Waals surface area contributed by atoms with Gasteiger partial charge in [0.15, 0.2) is 0 Å². The monoisotopic (exact) mass is 697 g/mol. The van der Waals surface area contributed by atoms with E-state index in [4.69, 9.17) is 9.47 Å². The highest BCUT2D eigenvalue weighted by molar-refractivity contribution is 6.08. The molecule has 11 rings (SSSR count). The molecule has 1 unspecified atom stereocenters. The van der Waals surface area contributed by atoms with Crippen LogP contribution in [0, 0.1) is 0 Å². The number of para-hydroxylation sites is 3. The van der Waals surface area contributed by atoms with Crippen molar-refractivity contribution in [1.29, 1.82) is 0 Å². The molecule has 3 nitrogen and oxygen atoms in total. The molecule has 3 heterocycles. The lowest BCUT2D eigenvalue weighted by molar-refractivity contribution is 0.419. The lowest BCUT2D eigenvalue weighted by Crippen LogP contribution is -2.24.